The van der Waals surface area contributed by atoms with Crippen LogP contribution in [-0.4, -0.2) is 47.1 Å². The molecule has 1 aromatic carbocycles. The van der Waals surface area contributed by atoms with Crippen LogP contribution in [0, 0.1) is 10.1 Å². The van der Waals surface area contributed by atoms with Gasteiger partial charge in [-0.15, -0.1) is 22.9 Å². The molecule has 1 aliphatic rings. The van der Waals surface area contributed by atoms with Crippen molar-refractivity contribution >= 4 is 51.3 Å². The lowest BCUT2D eigenvalue weighted by molar-refractivity contribution is -0.385. The largest absolute Gasteiger partial charge is 0.464 e. The second-order valence-corrected chi connectivity index (χ2v) is 6.81. The highest BCUT2D eigenvalue weighted by molar-refractivity contribution is 7.14. The molecular formula is C16H13ClN4O6S. The van der Waals surface area contributed by atoms with Crippen molar-refractivity contribution in [3.63, 3.8) is 0 Å². The number of nitro benzene ring substituents is 1. The van der Waals surface area contributed by atoms with E-state index in [9.17, 15) is 19.7 Å². The van der Waals surface area contributed by atoms with Gasteiger partial charge in [-0.05, 0) is 6.07 Å². The second-order valence-electron chi connectivity index (χ2n) is 5.50. The molecule has 2 aromatic rings. The molecule has 28 heavy (non-hydrogen) atoms. The number of amides is 1. The van der Waals surface area contributed by atoms with Crippen molar-refractivity contribution in [1.29, 1.82) is 0 Å². The second kappa shape index (κ2) is 7.90. The van der Waals surface area contributed by atoms with E-state index in [4.69, 9.17) is 11.6 Å². The van der Waals surface area contributed by atoms with Gasteiger partial charge in [-0.2, -0.15) is 0 Å². The van der Waals surface area contributed by atoms with Gasteiger partial charge in [0.2, 0.25) is 11.6 Å². The van der Waals surface area contributed by atoms with E-state index in [1.54, 1.807) is 12.1 Å². The summed E-state index contributed by atoms with van der Waals surface area (Å²) in [6.07, 6.45) is 0. The number of anilines is 1. The summed E-state index contributed by atoms with van der Waals surface area (Å²) in [6.45, 7) is 0. The topological polar surface area (TPSA) is 124 Å². The number of benzene rings is 1. The van der Waals surface area contributed by atoms with Gasteiger partial charge < -0.3 is 9.57 Å². The summed E-state index contributed by atoms with van der Waals surface area (Å²) < 4.78 is 4.64. The Hall–Kier alpha value is -3.05. The Bertz CT molecular complexity index is 978. The Balaban J connectivity index is 1.99. The number of oxime groups is 1. The summed E-state index contributed by atoms with van der Waals surface area (Å²) in [6, 6.07) is 5.27. The standard InChI is InChI=1S/C16H13ClN4O6S/c1-26-15(23)12(19-27-2)9-7-28-16(18-9)20-13(11(17)14(20)22)8-5-3-4-6-10(8)21(24)25/h3-7,11,13H,1-2H3/b19-12-. The third-order valence-corrected chi connectivity index (χ3v) is 5.25. The summed E-state index contributed by atoms with van der Waals surface area (Å²) in [4.78, 5) is 45.1. The summed E-state index contributed by atoms with van der Waals surface area (Å²) in [5.74, 6) is -1.21. The number of carbonyl (C=O) groups excluding carboxylic acids is 2. The number of nitrogens with zero attached hydrogens (tertiary/aromatic N) is 4. The number of rotatable bonds is 6. The van der Waals surface area contributed by atoms with Gasteiger partial charge in [0.05, 0.1) is 23.6 Å². The van der Waals surface area contributed by atoms with E-state index in [1.807, 2.05) is 0 Å². The van der Waals surface area contributed by atoms with Crippen LogP contribution in [0.25, 0.3) is 0 Å². The average Bonchev–Trinajstić information content (AvgIpc) is 3.17. The molecule has 12 heteroatoms. The number of hydrogen-bond donors (Lipinski definition) is 0. The van der Waals surface area contributed by atoms with Crippen LogP contribution in [0.1, 0.15) is 17.3 Å². The third kappa shape index (κ3) is 3.29. The molecule has 3 rings (SSSR count). The minimum atomic E-state index is -0.971. The van der Waals surface area contributed by atoms with Crippen molar-refractivity contribution in [3.05, 3.63) is 51.0 Å². The van der Waals surface area contributed by atoms with E-state index >= 15 is 0 Å². The number of para-hydroxylation sites is 1. The number of β-lactam (4-membered cyclic amide) rings is 1. The lowest BCUT2D eigenvalue weighted by Gasteiger charge is -2.42. The smallest absolute Gasteiger partial charge is 0.362 e. The summed E-state index contributed by atoms with van der Waals surface area (Å²) in [5, 5.41) is 15.7. The number of nitro groups is 1. The van der Waals surface area contributed by atoms with Gasteiger partial charge in [-0.1, -0.05) is 17.3 Å². The Morgan fingerprint density at radius 2 is 2.11 bits per heavy atom. The van der Waals surface area contributed by atoms with Gasteiger partial charge in [-0.3, -0.25) is 19.8 Å². The molecule has 0 spiro atoms. The highest BCUT2D eigenvalue weighted by Crippen LogP contribution is 2.45. The van der Waals surface area contributed by atoms with Crippen LogP contribution in [0.4, 0.5) is 10.8 Å². The molecule has 0 N–H and O–H groups in total. The zero-order valence-corrected chi connectivity index (χ0v) is 16.1. The molecule has 1 aliphatic heterocycles. The first kappa shape index (κ1) is 19.7. The zero-order valence-electron chi connectivity index (χ0n) is 14.6. The van der Waals surface area contributed by atoms with Gasteiger partial charge in [-0.25, -0.2) is 9.78 Å². The Kier molecular flexibility index (Phi) is 5.56. The fourth-order valence-corrected chi connectivity index (χ4v) is 3.93. The van der Waals surface area contributed by atoms with Crippen molar-refractivity contribution in [2.75, 3.05) is 19.1 Å². The number of carbonyl (C=O) groups is 2. The van der Waals surface area contributed by atoms with Crippen LogP contribution < -0.4 is 4.90 Å². The quantitative estimate of drug-likeness (QED) is 0.174. The van der Waals surface area contributed by atoms with Crippen LogP contribution in [0.2, 0.25) is 0 Å². The molecule has 0 aliphatic carbocycles. The molecule has 10 nitrogen and oxygen atoms in total. The fourth-order valence-electron chi connectivity index (χ4n) is 2.73. The summed E-state index contributed by atoms with van der Waals surface area (Å²) in [5.41, 5.74) is 0.109. The van der Waals surface area contributed by atoms with E-state index < -0.39 is 28.2 Å². The van der Waals surface area contributed by atoms with Crippen molar-refractivity contribution in [1.82, 2.24) is 4.98 Å². The first-order chi connectivity index (χ1) is 13.4. The van der Waals surface area contributed by atoms with Crippen molar-refractivity contribution in [3.8, 4) is 0 Å². The molecule has 0 bridgehead atoms. The highest BCUT2D eigenvalue weighted by atomic mass is 35.5. The van der Waals surface area contributed by atoms with Crippen LogP contribution >= 0.6 is 22.9 Å². The number of alkyl halides is 1. The number of hydrogen-bond acceptors (Lipinski definition) is 9. The van der Waals surface area contributed by atoms with E-state index in [0.717, 1.165) is 11.3 Å². The van der Waals surface area contributed by atoms with Crippen molar-refractivity contribution in [2.24, 2.45) is 5.16 Å². The van der Waals surface area contributed by atoms with Crippen LogP contribution in [0.3, 0.4) is 0 Å². The van der Waals surface area contributed by atoms with Gasteiger partial charge in [0.1, 0.15) is 18.2 Å². The normalized spacial score (nSPS) is 19.2. The molecule has 2 heterocycles. The zero-order chi connectivity index (χ0) is 20.4. The molecular weight excluding hydrogens is 412 g/mol. The number of esters is 1. The van der Waals surface area contributed by atoms with E-state index in [-0.39, 0.29) is 22.2 Å². The SMILES string of the molecule is CO/N=C(\C(=O)OC)c1csc(N2C(=O)C(Cl)C2c2ccccc2[N+](=O)[O-])n1. The van der Waals surface area contributed by atoms with Gasteiger partial charge >= 0.3 is 5.97 Å². The molecule has 1 aromatic heterocycles. The first-order valence-electron chi connectivity index (χ1n) is 7.76. The number of halogens is 1. The Morgan fingerprint density at radius 1 is 1.39 bits per heavy atom. The molecule has 2 unspecified atom stereocenters. The van der Waals surface area contributed by atoms with Crippen LogP contribution in [0.5, 0.6) is 0 Å². The third-order valence-electron chi connectivity index (χ3n) is 3.98. The molecule has 1 amide bonds. The molecule has 1 saturated heterocycles. The summed E-state index contributed by atoms with van der Waals surface area (Å²) in [7, 11) is 2.44. The molecule has 2 atom stereocenters. The molecule has 0 radical (unpaired) electrons. The number of thiazole rings is 1. The van der Waals surface area contributed by atoms with Crippen LogP contribution in [-0.2, 0) is 19.2 Å². The van der Waals surface area contributed by atoms with E-state index in [0.29, 0.717) is 5.56 Å². The number of ether oxygens (including phenoxy) is 1. The lowest BCUT2D eigenvalue weighted by Crippen LogP contribution is -2.56. The maximum absolute atomic E-state index is 12.4. The van der Waals surface area contributed by atoms with Gasteiger partial charge in [0, 0.05) is 11.4 Å². The minimum Gasteiger partial charge on any atom is -0.464 e. The fraction of sp³-hybridized carbons (Fsp3) is 0.250. The minimum absolute atomic E-state index is 0.140. The molecule has 1 fully saturated rings. The van der Waals surface area contributed by atoms with Crippen molar-refractivity contribution in [2.45, 2.75) is 11.4 Å². The predicted octanol–water partition coefficient (Wildman–Crippen LogP) is 2.27. The number of methoxy groups -OCH3 is 1. The Morgan fingerprint density at radius 3 is 2.75 bits per heavy atom. The maximum atomic E-state index is 12.4. The number of aromatic nitrogens is 1. The van der Waals surface area contributed by atoms with Gasteiger partial charge in [0.25, 0.3) is 5.69 Å². The predicted molar refractivity (Wildman–Crippen MR) is 101 cm³/mol. The van der Waals surface area contributed by atoms with Crippen LogP contribution in [0.15, 0.2) is 34.8 Å². The first-order valence-corrected chi connectivity index (χ1v) is 9.08. The molecule has 146 valence electrons. The molecule has 0 saturated carbocycles. The van der Waals surface area contributed by atoms with E-state index in [1.165, 1.54) is 36.6 Å². The highest BCUT2D eigenvalue weighted by Gasteiger charge is 2.51. The monoisotopic (exact) mass is 424 g/mol. The Labute approximate surface area is 167 Å². The van der Waals surface area contributed by atoms with E-state index in [2.05, 4.69) is 19.7 Å². The van der Waals surface area contributed by atoms with Gasteiger partial charge in [0.15, 0.2) is 5.13 Å². The lowest BCUT2D eigenvalue weighted by atomic mass is 9.92. The average molecular weight is 425 g/mol. The summed E-state index contributed by atoms with van der Waals surface area (Å²) >= 11 is 7.21. The van der Waals surface area contributed by atoms with Crippen molar-refractivity contribution < 1.29 is 24.1 Å². The maximum Gasteiger partial charge on any atom is 0.362 e.